The van der Waals surface area contributed by atoms with Gasteiger partial charge in [0.15, 0.2) is 0 Å². The number of amides is 1. The van der Waals surface area contributed by atoms with Crippen LogP contribution in [0.2, 0.25) is 5.02 Å². The Hall–Kier alpha value is -2.92. The van der Waals surface area contributed by atoms with Crippen molar-refractivity contribution in [3.8, 4) is 0 Å². The van der Waals surface area contributed by atoms with Gasteiger partial charge in [-0.1, -0.05) is 41.9 Å². The minimum absolute atomic E-state index is 0.210. The first-order chi connectivity index (χ1) is 12.5. The topological polar surface area (TPSA) is 66.9 Å². The highest BCUT2D eigenvalue weighted by Crippen LogP contribution is 2.24. The summed E-state index contributed by atoms with van der Waals surface area (Å²) in [5.41, 5.74) is 4.37. The second kappa shape index (κ2) is 7.97. The van der Waals surface area contributed by atoms with Crippen LogP contribution in [0.3, 0.4) is 0 Å². The standard InChI is InChI=1S/C20H19ClN4O/c1-13-6-3-4-7-15(13)10-22-19(26)16-11-23-20(24-12-16)25-18-9-5-8-17(21)14(18)2/h3-9,11-12H,10H2,1-2H3,(H,22,26)(H,23,24,25). The van der Waals surface area contributed by atoms with E-state index in [0.29, 0.717) is 23.1 Å². The maximum atomic E-state index is 12.3. The Morgan fingerprint density at radius 3 is 2.50 bits per heavy atom. The molecular formula is C20H19ClN4O. The van der Waals surface area contributed by atoms with Gasteiger partial charge >= 0.3 is 0 Å². The lowest BCUT2D eigenvalue weighted by Crippen LogP contribution is -2.23. The number of nitrogens with zero attached hydrogens (tertiary/aromatic N) is 2. The summed E-state index contributed by atoms with van der Waals surface area (Å²) >= 11 is 6.11. The van der Waals surface area contributed by atoms with Gasteiger partial charge in [0.05, 0.1) is 5.56 Å². The number of aromatic nitrogens is 2. The molecule has 0 fully saturated rings. The van der Waals surface area contributed by atoms with Crippen molar-refractivity contribution in [1.82, 2.24) is 15.3 Å². The fourth-order valence-electron chi connectivity index (χ4n) is 2.46. The number of halogens is 1. The number of hydrogen-bond donors (Lipinski definition) is 2. The minimum Gasteiger partial charge on any atom is -0.348 e. The largest absolute Gasteiger partial charge is 0.348 e. The number of rotatable bonds is 5. The van der Waals surface area contributed by atoms with E-state index in [1.807, 2.05) is 56.3 Å². The van der Waals surface area contributed by atoms with Gasteiger partial charge in [-0.2, -0.15) is 0 Å². The zero-order chi connectivity index (χ0) is 18.5. The molecular weight excluding hydrogens is 348 g/mol. The van der Waals surface area contributed by atoms with E-state index in [-0.39, 0.29) is 5.91 Å². The lowest BCUT2D eigenvalue weighted by atomic mass is 10.1. The third-order valence-electron chi connectivity index (χ3n) is 4.13. The molecule has 1 amide bonds. The lowest BCUT2D eigenvalue weighted by molar-refractivity contribution is 0.0950. The number of hydrogen-bond acceptors (Lipinski definition) is 4. The summed E-state index contributed by atoms with van der Waals surface area (Å²) in [6.45, 7) is 4.40. The summed E-state index contributed by atoms with van der Waals surface area (Å²) in [6.07, 6.45) is 3.00. The molecule has 0 saturated carbocycles. The van der Waals surface area contributed by atoms with Gasteiger partial charge in [0, 0.05) is 29.6 Å². The average Bonchev–Trinajstić information content (AvgIpc) is 2.65. The van der Waals surface area contributed by atoms with Crippen molar-refractivity contribution in [3.63, 3.8) is 0 Å². The number of benzene rings is 2. The number of aryl methyl sites for hydroxylation is 1. The fraction of sp³-hybridized carbons (Fsp3) is 0.150. The fourth-order valence-corrected chi connectivity index (χ4v) is 2.63. The van der Waals surface area contributed by atoms with E-state index in [9.17, 15) is 4.79 Å². The summed E-state index contributed by atoms with van der Waals surface area (Å²) in [5.74, 6) is 0.199. The summed E-state index contributed by atoms with van der Waals surface area (Å²) in [7, 11) is 0. The van der Waals surface area contributed by atoms with Crippen LogP contribution in [0.1, 0.15) is 27.0 Å². The molecule has 0 aliphatic carbocycles. The van der Waals surface area contributed by atoms with Crippen LogP contribution in [0.5, 0.6) is 0 Å². The van der Waals surface area contributed by atoms with Crippen molar-refractivity contribution in [2.24, 2.45) is 0 Å². The quantitative estimate of drug-likeness (QED) is 0.701. The van der Waals surface area contributed by atoms with E-state index < -0.39 is 0 Å². The normalized spacial score (nSPS) is 10.4. The van der Waals surface area contributed by atoms with Crippen LogP contribution in [0.15, 0.2) is 54.9 Å². The Kier molecular flexibility index (Phi) is 5.49. The average molecular weight is 367 g/mol. The van der Waals surface area contributed by atoms with E-state index in [4.69, 9.17) is 11.6 Å². The van der Waals surface area contributed by atoms with Crippen molar-refractivity contribution < 1.29 is 4.79 Å². The molecule has 6 heteroatoms. The molecule has 0 bridgehead atoms. The maximum absolute atomic E-state index is 12.3. The molecule has 2 aromatic carbocycles. The second-order valence-electron chi connectivity index (χ2n) is 5.94. The molecule has 132 valence electrons. The molecule has 0 aliphatic heterocycles. The van der Waals surface area contributed by atoms with Crippen LogP contribution >= 0.6 is 11.6 Å². The maximum Gasteiger partial charge on any atom is 0.254 e. The van der Waals surface area contributed by atoms with E-state index >= 15 is 0 Å². The van der Waals surface area contributed by atoms with Crippen LogP contribution in [0.25, 0.3) is 0 Å². The van der Waals surface area contributed by atoms with Gasteiger partial charge in [0.1, 0.15) is 0 Å². The van der Waals surface area contributed by atoms with Gasteiger partial charge in [0.25, 0.3) is 5.91 Å². The predicted octanol–water partition coefficient (Wildman–Crippen LogP) is 4.42. The molecule has 3 aromatic rings. The van der Waals surface area contributed by atoms with Gasteiger partial charge in [0.2, 0.25) is 5.95 Å². The Labute approximate surface area is 157 Å². The van der Waals surface area contributed by atoms with Crippen molar-refractivity contribution in [1.29, 1.82) is 0 Å². The van der Waals surface area contributed by atoms with Crippen molar-refractivity contribution in [3.05, 3.63) is 82.1 Å². The smallest absolute Gasteiger partial charge is 0.254 e. The highest BCUT2D eigenvalue weighted by Gasteiger charge is 2.09. The van der Waals surface area contributed by atoms with Crippen molar-refractivity contribution in [2.45, 2.75) is 20.4 Å². The zero-order valence-electron chi connectivity index (χ0n) is 14.6. The third-order valence-corrected chi connectivity index (χ3v) is 4.54. The molecule has 0 unspecified atom stereocenters. The Balaban J connectivity index is 1.64. The third kappa shape index (κ3) is 4.18. The lowest BCUT2D eigenvalue weighted by Gasteiger charge is -2.10. The van der Waals surface area contributed by atoms with Gasteiger partial charge in [-0.15, -0.1) is 0 Å². The molecule has 1 aromatic heterocycles. The summed E-state index contributed by atoms with van der Waals surface area (Å²) < 4.78 is 0. The van der Waals surface area contributed by atoms with Crippen LogP contribution < -0.4 is 10.6 Å². The van der Waals surface area contributed by atoms with Crippen LogP contribution in [-0.2, 0) is 6.54 Å². The summed E-state index contributed by atoms with van der Waals surface area (Å²) in [5, 5.41) is 6.66. The Morgan fingerprint density at radius 2 is 1.77 bits per heavy atom. The molecule has 0 saturated heterocycles. The molecule has 0 spiro atoms. The number of carbonyl (C=O) groups is 1. The first-order valence-electron chi connectivity index (χ1n) is 8.21. The van der Waals surface area contributed by atoms with Gasteiger partial charge in [-0.05, 0) is 42.7 Å². The highest BCUT2D eigenvalue weighted by atomic mass is 35.5. The molecule has 26 heavy (non-hydrogen) atoms. The van der Waals surface area contributed by atoms with Gasteiger partial charge in [-0.3, -0.25) is 4.79 Å². The van der Waals surface area contributed by atoms with Gasteiger partial charge in [-0.25, -0.2) is 9.97 Å². The summed E-state index contributed by atoms with van der Waals surface area (Å²) in [4.78, 5) is 20.7. The predicted molar refractivity (Wildman–Crippen MR) is 104 cm³/mol. The second-order valence-corrected chi connectivity index (χ2v) is 6.35. The van der Waals surface area contributed by atoms with E-state index in [1.165, 1.54) is 12.4 Å². The highest BCUT2D eigenvalue weighted by molar-refractivity contribution is 6.31. The molecule has 0 atom stereocenters. The minimum atomic E-state index is -0.210. The van der Waals surface area contributed by atoms with Crippen molar-refractivity contribution in [2.75, 3.05) is 5.32 Å². The van der Waals surface area contributed by atoms with Gasteiger partial charge < -0.3 is 10.6 Å². The zero-order valence-corrected chi connectivity index (χ0v) is 15.3. The SMILES string of the molecule is Cc1ccccc1CNC(=O)c1cnc(Nc2cccc(Cl)c2C)nc1. The number of carbonyl (C=O) groups excluding carboxylic acids is 1. The van der Waals surface area contributed by atoms with Crippen LogP contribution in [-0.4, -0.2) is 15.9 Å². The number of nitrogens with one attached hydrogen (secondary N) is 2. The van der Waals surface area contributed by atoms with Crippen LogP contribution in [0.4, 0.5) is 11.6 Å². The monoisotopic (exact) mass is 366 g/mol. The van der Waals surface area contributed by atoms with Crippen LogP contribution in [0, 0.1) is 13.8 Å². The molecule has 0 radical (unpaired) electrons. The molecule has 3 rings (SSSR count). The van der Waals surface area contributed by atoms with E-state index in [2.05, 4.69) is 20.6 Å². The van der Waals surface area contributed by atoms with Crippen molar-refractivity contribution >= 4 is 29.1 Å². The Morgan fingerprint density at radius 1 is 1.04 bits per heavy atom. The molecule has 1 heterocycles. The Bertz CT molecular complexity index is 925. The van der Waals surface area contributed by atoms with E-state index in [1.54, 1.807) is 0 Å². The summed E-state index contributed by atoms with van der Waals surface area (Å²) in [6, 6.07) is 13.5. The number of anilines is 2. The molecule has 0 aliphatic rings. The first-order valence-corrected chi connectivity index (χ1v) is 8.59. The first kappa shape index (κ1) is 17.9. The van der Waals surface area contributed by atoms with E-state index in [0.717, 1.165) is 22.4 Å². The molecule has 2 N–H and O–H groups in total. The molecule has 5 nitrogen and oxygen atoms in total.